The Bertz CT molecular complexity index is 855. The lowest BCUT2D eigenvalue weighted by molar-refractivity contribution is 0.193. The zero-order valence-electron chi connectivity index (χ0n) is 20.5. The molecule has 0 heterocycles. The molecule has 0 amide bonds. The molecule has 100 valence electrons. The van der Waals surface area contributed by atoms with Crippen molar-refractivity contribution in [2.75, 3.05) is 13.5 Å². The summed E-state index contributed by atoms with van der Waals surface area (Å²) in [4.78, 5) is 0. The van der Waals surface area contributed by atoms with E-state index in [2.05, 4.69) is 0 Å². The molecule has 2 aromatic rings. The number of ether oxygens (including phenoxy) is 1. The number of benzene rings is 2. The van der Waals surface area contributed by atoms with Crippen LogP contribution in [0, 0.1) is 6.92 Å². The van der Waals surface area contributed by atoms with Gasteiger partial charge in [-0.1, -0.05) is 48.5 Å². The first kappa shape index (κ1) is 5.68. The summed E-state index contributed by atoms with van der Waals surface area (Å²) in [5.41, 5.74) is 0.260. The Hall–Kier alpha value is -1.80. The highest BCUT2D eigenvalue weighted by Crippen LogP contribution is 2.26. The Morgan fingerprint density at radius 2 is 2.16 bits per heavy atom. The van der Waals surface area contributed by atoms with Crippen LogP contribution in [0.4, 0.5) is 0 Å². The molecule has 1 unspecified atom stereocenters. The zero-order valence-corrected chi connectivity index (χ0v) is 10.5. The molecule has 2 aromatic carbocycles. The highest BCUT2D eigenvalue weighted by molar-refractivity contribution is 5.33. The van der Waals surface area contributed by atoms with Crippen LogP contribution in [0.2, 0.25) is 0 Å². The molecule has 2 nitrogen and oxygen atoms in total. The average Bonchev–Trinajstić information content (AvgIpc) is 2.60. The highest BCUT2D eigenvalue weighted by Gasteiger charge is 2.13. The predicted octanol–water partition coefficient (Wildman–Crippen LogP) is 3.72. The van der Waals surface area contributed by atoms with Gasteiger partial charge in [-0.2, -0.15) is 0 Å². The third kappa shape index (κ3) is 3.83. The van der Waals surface area contributed by atoms with E-state index in [0.717, 1.165) is 0 Å². The van der Waals surface area contributed by atoms with Gasteiger partial charge < -0.3 is 10.1 Å². The minimum atomic E-state index is -2.80. The van der Waals surface area contributed by atoms with Crippen LogP contribution in [0.3, 0.4) is 0 Å². The normalized spacial score (nSPS) is 22.8. The third-order valence-corrected chi connectivity index (χ3v) is 2.49. The number of hydrogen-bond acceptors (Lipinski definition) is 2. The fraction of sp³-hybridized carbons (Fsp3) is 0.294. The van der Waals surface area contributed by atoms with Crippen molar-refractivity contribution in [3.05, 3.63) is 65.6 Å². The minimum absolute atomic E-state index is 0.0629. The smallest absolute Gasteiger partial charge is 0.125 e. The van der Waals surface area contributed by atoms with E-state index in [1.54, 1.807) is 18.2 Å². The van der Waals surface area contributed by atoms with Crippen LogP contribution in [0.15, 0.2) is 54.5 Å². The van der Waals surface area contributed by atoms with Gasteiger partial charge in [-0.25, -0.2) is 0 Å². The molecule has 1 atom stereocenters. The standard InChI is InChI=1S/C17H21NO/c1-14-8-6-7-11-16(14)19-17(12-13-18-2)15-9-4-3-5-10-15/h3-11,17-18H,12-13H2,1-2H3/i2D3,6D,7D,8D,11D,13D2,17D. The first-order chi connectivity index (χ1) is 13.2. The Morgan fingerprint density at radius 1 is 1.37 bits per heavy atom. The van der Waals surface area contributed by atoms with Gasteiger partial charge in [0.1, 0.15) is 11.8 Å². The van der Waals surface area contributed by atoms with E-state index in [-0.39, 0.29) is 22.9 Å². The van der Waals surface area contributed by atoms with Crippen LogP contribution in [0.1, 0.15) is 37.3 Å². The molecule has 0 saturated heterocycles. The molecule has 0 aliphatic heterocycles. The maximum absolute atomic E-state index is 8.81. The van der Waals surface area contributed by atoms with E-state index >= 15 is 0 Å². The summed E-state index contributed by atoms with van der Waals surface area (Å²) in [5.74, 6) is -0.292. The van der Waals surface area contributed by atoms with E-state index in [0.29, 0.717) is 0 Å². The summed E-state index contributed by atoms with van der Waals surface area (Å²) in [5, 5.41) is 1.85. The van der Waals surface area contributed by atoms with Gasteiger partial charge in [0.05, 0.1) is 6.85 Å². The minimum Gasteiger partial charge on any atom is -0.485 e. The lowest BCUT2D eigenvalue weighted by atomic mass is 10.1. The summed E-state index contributed by atoms with van der Waals surface area (Å²) in [6.07, 6.45) is -2.93. The van der Waals surface area contributed by atoms with Crippen LogP contribution >= 0.6 is 0 Å². The average molecular weight is 265 g/mol. The Kier molecular flexibility index (Phi) is 2.08. The van der Waals surface area contributed by atoms with Gasteiger partial charge >= 0.3 is 0 Å². The zero-order chi connectivity index (χ0) is 22.2. The summed E-state index contributed by atoms with van der Waals surface area (Å²) < 4.78 is 83.9. The maximum atomic E-state index is 8.81. The summed E-state index contributed by atoms with van der Waals surface area (Å²) >= 11 is 0. The van der Waals surface area contributed by atoms with E-state index in [4.69, 9.17) is 18.4 Å². The molecule has 0 fully saturated rings. The molecular formula is C17H21NO. The quantitative estimate of drug-likeness (QED) is 0.859. The van der Waals surface area contributed by atoms with Crippen molar-refractivity contribution in [1.29, 1.82) is 0 Å². The van der Waals surface area contributed by atoms with Crippen molar-refractivity contribution in [2.24, 2.45) is 0 Å². The molecule has 0 aromatic heterocycles. The first-order valence-corrected chi connectivity index (χ1v) is 5.78. The Morgan fingerprint density at radius 3 is 2.95 bits per heavy atom. The lowest BCUT2D eigenvalue weighted by Crippen LogP contribution is -2.16. The monoisotopic (exact) mass is 265 g/mol. The van der Waals surface area contributed by atoms with Crippen LogP contribution < -0.4 is 10.1 Å². The van der Waals surface area contributed by atoms with Gasteiger partial charge in [-0.3, -0.25) is 0 Å². The van der Waals surface area contributed by atoms with Gasteiger partial charge in [-0.05, 0) is 37.6 Å². The third-order valence-electron chi connectivity index (χ3n) is 2.49. The number of rotatable bonds is 6. The maximum Gasteiger partial charge on any atom is 0.125 e. The highest BCUT2D eigenvalue weighted by atomic mass is 16.5. The number of hydrogen-bond donors (Lipinski definition) is 1. The Labute approximate surface area is 129 Å². The second-order valence-corrected chi connectivity index (χ2v) is 3.82. The van der Waals surface area contributed by atoms with Crippen LogP contribution in [-0.4, -0.2) is 13.5 Å². The number of para-hydroxylation sites is 1. The topological polar surface area (TPSA) is 21.3 Å². The van der Waals surface area contributed by atoms with Crippen molar-refractivity contribution >= 4 is 0 Å². The molecule has 19 heavy (non-hydrogen) atoms. The largest absolute Gasteiger partial charge is 0.485 e. The summed E-state index contributed by atoms with van der Waals surface area (Å²) in [7, 11) is 0. The van der Waals surface area contributed by atoms with Gasteiger partial charge in [0.15, 0.2) is 0 Å². The molecule has 0 bridgehead atoms. The van der Waals surface area contributed by atoms with Crippen molar-refractivity contribution in [2.45, 2.75) is 19.4 Å². The predicted molar refractivity (Wildman–Crippen MR) is 79.5 cm³/mol. The van der Waals surface area contributed by atoms with Crippen molar-refractivity contribution in [3.8, 4) is 5.75 Å². The number of nitrogens with one attached hydrogen (secondary N) is 1. The van der Waals surface area contributed by atoms with Crippen LogP contribution in [-0.2, 0) is 0 Å². The van der Waals surface area contributed by atoms with Gasteiger partial charge in [0.25, 0.3) is 0 Å². The van der Waals surface area contributed by atoms with E-state index in [9.17, 15) is 0 Å². The van der Waals surface area contributed by atoms with Crippen molar-refractivity contribution in [1.82, 2.24) is 5.32 Å². The summed E-state index contributed by atoms with van der Waals surface area (Å²) in [6, 6.07) is 6.05. The molecular weight excluding hydrogens is 234 g/mol. The first-order valence-electron chi connectivity index (χ1n) is 10.8. The molecule has 1 N–H and O–H groups in total. The van der Waals surface area contributed by atoms with E-state index in [1.165, 1.54) is 19.1 Å². The lowest BCUT2D eigenvalue weighted by Gasteiger charge is -2.20. The van der Waals surface area contributed by atoms with Crippen molar-refractivity contribution in [3.63, 3.8) is 0 Å². The molecule has 2 heteroatoms. The van der Waals surface area contributed by atoms with E-state index < -0.39 is 44.1 Å². The molecule has 2 rings (SSSR count). The molecule has 0 radical (unpaired) electrons. The molecule has 0 aliphatic carbocycles. The van der Waals surface area contributed by atoms with Gasteiger partial charge in [0, 0.05) is 13.3 Å². The van der Waals surface area contributed by atoms with E-state index in [1.807, 2.05) is 5.32 Å². The molecule has 0 spiro atoms. The fourth-order valence-corrected chi connectivity index (χ4v) is 1.53. The fourth-order valence-electron chi connectivity index (χ4n) is 1.53. The van der Waals surface area contributed by atoms with Gasteiger partial charge in [0.2, 0.25) is 0 Å². The van der Waals surface area contributed by atoms with Crippen LogP contribution in [0.5, 0.6) is 5.75 Å². The second kappa shape index (κ2) is 6.95. The Balaban J connectivity index is 2.57. The van der Waals surface area contributed by atoms with Gasteiger partial charge in [-0.15, -0.1) is 0 Å². The molecule has 0 aliphatic rings. The second-order valence-electron chi connectivity index (χ2n) is 3.82. The van der Waals surface area contributed by atoms with Crippen LogP contribution in [0.25, 0.3) is 0 Å². The summed E-state index contributed by atoms with van der Waals surface area (Å²) in [6.45, 7) is -3.93. The SMILES string of the molecule is [2H]c1c([2H])c([2H])c(OC([2H])(CC([2H])([2H])NC([2H])([2H])[2H])c2ccccc2)c(C)c1[2H]. The molecule has 0 saturated carbocycles. The van der Waals surface area contributed by atoms with Crippen molar-refractivity contribution < 1.29 is 18.4 Å².